The van der Waals surface area contributed by atoms with E-state index in [0.717, 1.165) is 35.4 Å². The van der Waals surface area contributed by atoms with E-state index in [2.05, 4.69) is 22.2 Å². The summed E-state index contributed by atoms with van der Waals surface area (Å²) in [6.07, 6.45) is 2.99. The van der Waals surface area contributed by atoms with E-state index < -0.39 is 0 Å². The zero-order chi connectivity index (χ0) is 12.5. The van der Waals surface area contributed by atoms with Crippen LogP contribution in [-0.4, -0.2) is 36.1 Å². The number of anilines is 2. The molecule has 2 aromatic rings. The van der Waals surface area contributed by atoms with Gasteiger partial charge in [-0.3, -0.25) is 4.98 Å². The molecule has 4 heteroatoms. The highest BCUT2D eigenvalue weighted by molar-refractivity contribution is 5.98. The summed E-state index contributed by atoms with van der Waals surface area (Å²) in [7, 11) is 2.15. The molecule has 1 unspecified atom stereocenters. The SMILES string of the molecule is CN1CCC(Nc2ccc(N)c3cccnc23)C1. The number of aromatic nitrogens is 1. The Kier molecular flexibility index (Phi) is 2.80. The van der Waals surface area contributed by atoms with Gasteiger partial charge in [0, 0.05) is 29.9 Å². The van der Waals surface area contributed by atoms with E-state index in [1.165, 1.54) is 6.42 Å². The van der Waals surface area contributed by atoms with Crippen molar-refractivity contribution < 1.29 is 0 Å². The second kappa shape index (κ2) is 4.46. The molecule has 1 saturated heterocycles. The zero-order valence-corrected chi connectivity index (χ0v) is 10.6. The van der Waals surface area contributed by atoms with Crippen LogP contribution in [0.5, 0.6) is 0 Å². The number of rotatable bonds is 2. The smallest absolute Gasteiger partial charge is 0.0953 e. The highest BCUT2D eigenvalue weighted by Gasteiger charge is 2.19. The molecule has 3 rings (SSSR count). The standard InChI is InChI=1S/C14H18N4/c1-18-8-6-10(9-18)17-13-5-4-12(15)11-3-2-7-16-14(11)13/h2-5,7,10,17H,6,8-9,15H2,1H3. The number of nitrogens with two attached hydrogens (primary N) is 1. The quantitative estimate of drug-likeness (QED) is 0.790. The molecule has 2 heterocycles. The Bertz CT molecular complexity index is 567. The van der Waals surface area contributed by atoms with Gasteiger partial charge in [-0.25, -0.2) is 0 Å². The topological polar surface area (TPSA) is 54.2 Å². The Morgan fingerprint density at radius 1 is 1.39 bits per heavy atom. The number of likely N-dealkylation sites (tertiary alicyclic amines) is 1. The third kappa shape index (κ3) is 1.99. The lowest BCUT2D eigenvalue weighted by Crippen LogP contribution is -2.23. The van der Waals surface area contributed by atoms with Gasteiger partial charge in [0.25, 0.3) is 0 Å². The minimum Gasteiger partial charge on any atom is -0.398 e. The molecule has 1 aromatic carbocycles. The molecule has 0 radical (unpaired) electrons. The minimum atomic E-state index is 0.504. The minimum absolute atomic E-state index is 0.504. The molecule has 0 aliphatic carbocycles. The van der Waals surface area contributed by atoms with Crippen molar-refractivity contribution in [3.8, 4) is 0 Å². The lowest BCUT2D eigenvalue weighted by molar-refractivity contribution is 0.414. The number of hydrogen-bond acceptors (Lipinski definition) is 4. The van der Waals surface area contributed by atoms with Crippen molar-refractivity contribution in [2.24, 2.45) is 0 Å². The normalized spacial score (nSPS) is 20.4. The Hall–Kier alpha value is -1.81. The number of nitrogen functional groups attached to an aromatic ring is 1. The molecule has 18 heavy (non-hydrogen) atoms. The van der Waals surface area contributed by atoms with E-state index in [1.54, 1.807) is 0 Å². The van der Waals surface area contributed by atoms with Crippen LogP contribution < -0.4 is 11.1 Å². The Balaban J connectivity index is 1.95. The van der Waals surface area contributed by atoms with Gasteiger partial charge in [-0.2, -0.15) is 0 Å². The number of benzene rings is 1. The fourth-order valence-corrected chi connectivity index (χ4v) is 2.58. The largest absolute Gasteiger partial charge is 0.398 e. The number of nitrogens with zero attached hydrogens (tertiary/aromatic N) is 2. The van der Waals surface area contributed by atoms with Crippen LogP contribution in [0.2, 0.25) is 0 Å². The summed E-state index contributed by atoms with van der Waals surface area (Å²) in [6, 6.07) is 8.42. The summed E-state index contributed by atoms with van der Waals surface area (Å²) < 4.78 is 0. The average molecular weight is 242 g/mol. The van der Waals surface area contributed by atoms with Crippen molar-refractivity contribution in [2.75, 3.05) is 31.2 Å². The van der Waals surface area contributed by atoms with Gasteiger partial charge in [0.05, 0.1) is 11.2 Å². The highest BCUT2D eigenvalue weighted by Crippen LogP contribution is 2.27. The molecule has 4 nitrogen and oxygen atoms in total. The maximum atomic E-state index is 5.98. The van der Waals surface area contributed by atoms with E-state index in [4.69, 9.17) is 5.73 Å². The van der Waals surface area contributed by atoms with E-state index >= 15 is 0 Å². The van der Waals surface area contributed by atoms with Crippen molar-refractivity contribution in [1.29, 1.82) is 0 Å². The molecule has 0 saturated carbocycles. The van der Waals surface area contributed by atoms with Crippen LogP contribution in [0.1, 0.15) is 6.42 Å². The van der Waals surface area contributed by atoms with Crippen molar-refractivity contribution in [1.82, 2.24) is 9.88 Å². The van der Waals surface area contributed by atoms with Crippen molar-refractivity contribution >= 4 is 22.3 Å². The third-order valence-electron chi connectivity index (χ3n) is 3.55. The first-order valence-corrected chi connectivity index (χ1v) is 6.32. The molecule has 1 aliphatic heterocycles. The monoisotopic (exact) mass is 242 g/mol. The predicted octanol–water partition coefficient (Wildman–Crippen LogP) is 1.93. The van der Waals surface area contributed by atoms with Crippen LogP contribution in [0.15, 0.2) is 30.5 Å². The van der Waals surface area contributed by atoms with E-state index in [1.807, 2.05) is 30.5 Å². The van der Waals surface area contributed by atoms with Crippen LogP contribution in [0.3, 0.4) is 0 Å². The lowest BCUT2D eigenvalue weighted by Gasteiger charge is -2.16. The number of pyridine rings is 1. The summed E-state index contributed by atoms with van der Waals surface area (Å²) in [4.78, 5) is 6.78. The number of fused-ring (bicyclic) bond motifs is 1. The zero-order valence-electron chi connectivity index (χ0n) is 10.6. The fourth-order valence-electron chi connectivity index (χ4n) is 2.58. The van der Waals surface area contributed by atoms with Gasteiger partial charge in [0.2, 0.25) is 0 Å². The van der Waals surface area contributed by atoms with Gasteiger partial charge < -0.3 is 16.0 Å². The van der Waals surface area contributed by atoms with Crippen LogP contribution in [0.4, 0.5) is 11.4 Å². The molecule has 1 fully saturated rings. The molecule has 1 aliphatic rings. The summed E-state index contributed by atoms with van der Waals surface area (Å²) >= 11 is 0. The van der Waals surface area contributed by atoms with Gasteiger partial charge in [0.1, 0.15) is 0 Å². The molecular weight excluding hydrogens is 224 g/mol. The van der Waals surface area contributed by atoms with E-state index in [0.29, 0.717) is 6.04 Å². The van der Waals surface area contributed by atoms with Gasteiger partial charge in [-0.05, 0) is 44.3 Å². The second-order valence-corrected chi connectivity index (χ2v) is 4.99. The van der Waals surface area contributed by atoms with Gasteiger partial charge >= 0.3 is 0 Å². The lowest BCUT2D eigenvalue weighted by atomic mass is 10.1. The average Bonchev–Trinajstić information content (AvgIpc) is 2.79. The molecule has 1 atom stereocenters. The van der Waals surface area contributed by atoms with E-state index in [9.17, 15) is 0 Å². The summed E-state index contributed by atoms with van der Waals surface area (Å²) in [5.41, 5.74) is 8.81. The van der Waals surface area contributed by atoms with Crippen LogP contribution in [-0.2, 0) is 0 Å². The first-order chi connectivity index (χ1) is 8.74. The molecule has 94 valence electrons. The van der Waals surface area contributed by atoms with Gasteiger partial charge in [-0.15, -0.1) is 0 Å². The van der Waals surface area contributed by atoms with Crippen LogP contribution in [0.25, 0.3) is 10.9 Å². The highest BCUT2D eigenvalue weighted by atomic mass is 15.2. The van der Waals surface area contributed by atoms with Crippen molar-refractivity contribution in [3.63, 3.8) is 0 Å². The van der Waals surface area contributed by atoms with Gasteiger partial charge in [0.15, 0.2) is 0 Å². The van der Waals surface area contributed by atoms with Crippen molar-refractivity contribution in [2.45, 2.75) is 12.5 Å². The number of hydrogen-bond donors (Lipinski definition) is 2. The first-order valence-electron chi connectivity index (χ1n) is 6.32. The predicted molar refractivity (Wildman–Crippen MR) is 75.7 cm³/mol. The van der Waals surface area contributed by atoms with Crippen LogP contribution >= 0.6 is 0 Å². The second-order valence-electron chi connectivity index (χ2n) is 4.99. The number of likely N-dealkylation sites (N-methyl/N-ethyl adjacent to an activating group) is 1. The Morgan fingerprint density at radius 2 is 2.28 bits per heavy atom. The van der Waals surface area contributed by atoms with Crippen molar-refractivity contribution in [3.05, 3.63) is 30.5 Å². The molecule has 1 aromatic heterocycles. The summed E-state index contributed by atoms with van der Waals surface area (Å²) in [5.74, 6) is 0. The molecular formula is C14H18N4. The maximum Gasteiger partial charge on any atom is 0.0953 e. The third-order valence-corrected chi connectivity index (χ3v) is 3.55. The molecule has 3 N–H and O–H groups in total. The van der Waals surface area contributed by atoms with E-state index in [-0.39, 0.29) is 0 Å². The summed E-state index contributed by atoms with van der Waals surface area (Å²) in [6.45, 7) is 2.23. The number of nitrogens with one attached hydrogen (secondary N) is 1. The molecule has 0 bridgehead atoms. The van der Waals surface area contributed by atoms with Gasteiger partial charge in [-0.1, -0.05) is 0 Å². The maximum absolute atomic E-state index is 5.98. The fraction of sp³-hybridized carbons (Fsp3) is 0.357. The Morgan fingerprint density at radius 3 is 3.06 bits per heavy atom. The molecule has 0 amide bonds. The molecule has 0 spiro atoms. The first kappa shape index (κ1) is 11.3. The summed E-state index contributed by atoms with van der Waals surface area (Å²) in [5, 5.41) is 4.60. The Labute approximate surface area is 107 Å². The van der Waals surface area contributed by atoms with Crippen LogP contribution in [0, 0.1) is 0 Å².